The fourth-order valence-electron chi connectivity index (χ4n) is 2.41. The van der Waals surface area contributed by atoms with E-state index in [1.54, 1.807) is 11.8 Å². The lowest BCUT2D eigenvalue weighted by atomic mass is 10.1. The molecule has 0 atom stereocenters. The molecule has 1 rings (SSSR count). The van der Waals surface area contributed by atoms with Crippen LogP contribution in [-0.2, 0) is 14.3 Å². The first-order valence-corrected chi connectivity index (χ1v) is 10.6. The summed E-state index contributed by atoms with van der Waals surface area (Å²) >= 11 is 1.47. The Bertz CT molecular complexity index is 645. The lowest BCUT2D eigenvalue weighted by Gasteiger charge is -2.32. The number of carbonyl (C=O) groups is 2. The highest BCUT2D eigenvalue weighted by molar-refractivity contribution is 8.13. The molecule has 0 bridgehead atoms. The predicted molar refractivity (Wildman–Crippen MR) is 114 cm³/mol. The lowest BCUT2D eigenvalue weighted by Crippen LogP contribution is -2.43. The molecule has 0 aliphatic carbocycles. The second-order valence-corrected chi connectivity index (χ2v) is 8.33. The molecule has 1 aliphatic rings. The van der Waals surface area contributed by atoms with Gasteiger partial charge in [0.25, 0.3) is 0 Å². The minimum absolute atomic E-state index is 0.0814. The molecule has 1 amide bonds. The van der Waals surface area contributed by atoms with E-state index in [2.05, 4.69) is 9.98 Å². The van der Waals surface area contributed by atoms with Crippen molar-refractivity contribution in [3.63, 3.8) is 0 Å². The predicted octanol–water partition coefficient (Wildman–Crippen LogP) is 2.97. The van der Waals surface area contributed by atoms with Crippen molar-refractivity contribution >= 4 is 34.7 Å². The maximum absolute atomic E-state index is 12.2. The van der Waals surface area contributed by atoms with Crippen molar-refractivity contribution in [3.05, 3.63) is 11.8 Å². The zero-order valence-electron chi connectivity index (χ0n) is 17.7. The van der Waals surface area contributed by atoms with Gasteiger partial charge in [0.15, 0.2) is 0 Å². The minimum atomic E-state index is -0.549. The molecule has 0 aromatic carbocycles. The van der Waals surface area contributed by atoms with E-state index in [1.807, 2.05) is 34.0 Å². The molecular formula is C19H32N4O4S. The van der Waals surface area contributed by atoms with Crippen LogP contribution >= 0.6 is 11.8 Å². The number of amidine groups is 1. The quantitative estimate of drug-likeness (QED) is 0.322. The second kappa shape index (κ2) is 11.1. The number of esters is 1. The Morgan fingerprint density at radius 2 is 1.89 bits per heavy atom. The molecule has 1 saturated heterocycles. The molecule has 158 valence electrons. The van der Waals surface area contributed by atoms with Gasteiger partial charge in [-0.2, -0.15) is 0 Å². The number of aliphatic imine (C=N–C) groups is 2. The van der Waals surface area contributed by atoms with E-state index in [0.717, 1.165) is 5.04 Å². The van der Waals surface area contributed by atoms with Crippen molar-refractivity contribution in [1.29, 1.82) is 0 Å². The van der Waals surface area contributed by atoms with Crippen LogP contribution in [-0.4, -0.2) is 65.4 Å². The van der Waals surface area contributed by atoms with Crippen LogP contribution in [0, 0.1) is 0 Å². The smallest absolute Gasteiger partial charge is 0.410 e. The number of rotatable bonds is 5. The Kier molecular flexibility index (Phi) is 9.51. The zero-order chi connectivity index (χ0) is 21.3. The number of likely N-dealkylation sites (tertiary alicyclic amines) is 1. The van der Waals surface area contributed by atoms with Crippen molar-refractivity contribution in [2.24, 2.45) is 15.7 Å². The van der Waals surface area contributed by atoms with Gasteiger partial charge < -0.3 is 20.1 Å². The number of ether oxygens (including phenoxy) is 2. The van der Waals surface area contributed by atoms with Crippen LogP contribution in [0.2, 0.25) is 0 Å². The average Bonchev–Trinajstić information content (AvgIpc) is 2.61. The zero-order valence-corrected chi connectivity index (χ0v) is 18.5. The summed E-state index contributed by atoms with van der Waals surface area (Å²) in [6.45, 7) is 10.4. The van der Waals surface area contributed by atoms with Gasteiger partial charge in [-0.25, -0.2) is 9.59 Å². The van der Waals surface area contributed by atoms with Gasteiger partial charge in [-0.15, -0.1) is 11.8 Å². The van der Waals surface area contributed by atoms with Crippen LogP contribution in [0.4, 0.5) is 4.79 Å². The largest absolute Gasteiger partial charge is 0.462 e. The highest BCUT2D eigenvalue weighted by atomic mass is 32.2. The van der Waals surface area contributed by atoms with E-state index >= 15 is 0 Å². The van der Waals surface area contributed by atoms with Gasteiger partial charge >= 0.3 is 12.1 Å². The van der Waals surface area contributed by atoms with Crippen molar-refractivity contribution in [2.75, 3.05) is 26.0 Å². The van der Waals surface area contributed by atoms with Gasteiger partial charge in [0.05, 0.1) is 17.7 Å². The van der Waals surface area contributed by atoms with Crippen molar-refractivity contribution < 1.29 is 19.1 Å². The van der Waals surface area contributed by atoms with E-state index in [-0.39, 0.29) is 30.2 Å². The summed E-state index contributed by atoms with van der Waals surface area (Å²) in [6.07, 6.45) is 4.26. The highest BCUT2D eigenvalue weighted by Crippen LogP contribution is 2.18. The number of nitrogens with two attached hydrogens (primary N) is 1. The van der Waals surface area contributed by atoms with Crippen molar-refractivity contribution in [1.82, 2.24) is 4.90 Å². The Labute approximate surface area is 171 Å². The molecule has 28 heavy (non-hydrogen) atoms. The van der Waals surface area contributed by atoms with E-state index in [9.17, 15) is 9.59 Å². The molecule has 9 heteroatoms. The molecule has 0 spiro atoms. The van der Waals surface area contributed by atoms with Crippen molar-refractivity contribution in [2.45, 2.75) is 59.1 Å². The van der Waals surface area contributed by atoms with E-state index in [1.165, 1.54) is 18.0 Å². The van der Waals surface area contributed by atoms with Crippen molar-refractivity contribution in [3.8, 4) is 0 Å². The molecule has 1 fully saturated rings. The minimum Gasteiger partial charge on any atom is -0.462 e. The molecule has 1 aliphatic heterocycles. The van der Waals surface area contributed by atoms with Crippen LogP contribution in [0.25, 0.3) is 0 Å². The van der Waals surface area contributed by atoms with Gasteiger partial charge in [0.2, 0.25) is 0 Å². The number of nitrogens with zero attached hydrogens (tertiary/aromatic N) is 3. The van der Waals surface area contributed by atoms with E-state index < -0.39 is 11.6 Å². The highest BCUT2D eigenvalue weighted by Gasteiger charge is 2.27. The normalized spacial score (nSPS) is 17.5. The fraction of sp³-hybridized carbons (Fsp3) is 0.684. The Morgan fingerprint density at radius 3 is 2.39 bits per heavy atom. The monoisotopic (exact) mass is 412 g/mol. The number of amides is 1. The molecule has 0 radical (unpaired) electrons. The molecule has 0 aromatic rings. The molecule has 0 unspecified atom stereocenters. The van der Waals surface area contributed by atoms with Crippen LogP contribution in [0.3, 0.4) is 0 Å². The molecule has 1 heterocycles. The maximum Gasteiger partial charge on any atom is 0.410 e. The standard InChI is InChI=1S/C19H32N4O4S/c1-7-26-17(24)15(12-21-13(2)28-6)16(20)22-14-8-10-23(11-9-14)18(25)27-19(3,4)5/h12,14H,7-11H2,1-6H3,(H2,20,22)/b15-12+,21-13?. The van der Waals surface area contributed by atoms with E-state index in [0.29, 0.717) is 25.9 Å². The van der Waals surface area contributed by atoms with Gasteiger partial charge in [-0.1, -0.05) is 0 Å². The summed E-state index contributed by atoms with van der Waals surface area (Å²) in [7, 11) is 0. The Balaban J connectivity index is 2.82. The lowest BCUT2D eigenvalue weighted by molar-refractivity contribution is -0.137. The summed E-state index contributed by atoms with van der Waals surface area (Å²) in [5.41, 5.74) is 5.71. The molecular weight excluding hydrogens is 380 g/mol. The Hall–Kier alpha value is -2.03. The molecule has 0 saturated carbocycles. The number of carbonyl (C=O) groups excluding carboxylic acids is 2. The number of thioether (sulfide) groups is 1. The molecule has 0 aromatic heterocycles. The summed E-state index contributed by atoms with van der Waals surface area (Å²) in [6, 6.07) is -0.0814. The third-order valence-corrected chi connectivity index (χ3v) is 4.58. The first kappa shape index (κ1) is 24.0. The third-order valence-electron chi connectivity index (χ3n) is 3.88. The van der Waals surface area contributed by atoms with Crippen LogP contribution in [0.5, 0.6) is 0 Å². The van der Waals surface area contributed by atoms with Crippen LogP contribution in [0.1, 0.15) is 47.5 Å². The maximum atomic E-state index is 12.2. The fourth-order valence-corrected chi connectivity index (χ4v) is 2.57. The average molecular weight is 413 g/mol. The molecule has 2 N–H and O–H groups in total. The van der Waals surface area contributed by atoms with E-state index in [4.69, 9.17) is 15.2 Å². The number of hydrogen-bond donors (Lipinski definition) is 1. The first-order chi connectivity index (χ1) is 13.1. The van der Waals surface area contributed by atoms with Gasteiger partial charge in [-0.05, 0) is 53.7 Å². The van der Waals surface area contributed by atoms with Crippen LogP contribution < -0.4 is 5.73 Å². The third kappa shape index (κ3) is 8.33. The van der Waals surface area contributed by atoms with Gasteiger partial charge in [-0.3, -0.25) is 9.98 Å². The van der Waals surface area contributed by atoms with Crippen LogP contribution in [0.15, 0.2) is 21.8 Å². The second-order valence-electron chi connectivity index (χ2n) is 7.33. The topological polar surface area (TPSA) is 107 Å². The summed E-state index contributed by atoms with van der Waals surface area (Å²) in [4.78, 5) is 34.7. The Morgan fingerprint density at radius 1 is 1.29 bits per heavy atom. The van der Waals surface area contributed by atoms with Gasteiger partial charge in [0.1, 0.15) is 17.0 Å². The summed E-state index contributed by atoms with van der Waals surface area (Å²) in [5, 5.41) is 0.792. The first-order valence-electron chi connectivity index (χ1n) is 9.34. The SMILES string of the molecule is CCOC(=O)/C(=C/N=C(C)SC)C(N)=NC1CCN(C(=O)OC(C)(C)C)CC1. The number of hydrogen-bond acceptors (Lipinski definition) is 7. The summed E-state index contributed by atoms with van der Waals surface area (Å²) < 4.78 is 10.5. The number of piperidine rings is 1. The summed E-state index contributed by atoms with van der Waals surface area (Å²) in [5.74, 6) is -0.445. The van der Waals surface area contributed by atoms with Gasteiger partial charge in [0, 0.05) is 19.3 Å². The molecule has 8 nitrogen and oxygen atoms in total.